The molecular weight excluding hydrogens is 226 g/mol. The van der Waals surface area contributed by atoms with E-state index in [1.54, 1.807) is 0 Å². The average Bonchev–Trinajstić information content (AvgIpc) is 2.68. The van der Waals surface area contributed by atoms with Crippen LogP contribution in [-0.2, 0) is 17.8 Å². The van der Waals surface area contributed by atoms with Gasteiger partial charge in [0, 0.05) is 19.9 Å². The molecule has 0 saturated heterocycles. The van der Waals surface area contributed by atoms with Crippen LogP contribution in [-0.4, -0.2) is 22.0 Å². The molecule has 0 bridgehead atoms. The van der Waals surface area contributed by atoms with Gasteiger partial charge in [-0.2, -0.15) is 0 Å². The van der Waals surface area contributed by atoms with Gasteiger partial charge >= 0.3 is 0 Å². The lowest BCUT2D eigenvalue weighted by Gasteiger charge is -2.05. The highest BCUT2D eigenvalue weighted by Gasteiger charge is 2.09. The molecule has 0 unspecified atom stereocenters. The van der Waals surface area contributed by atoms with Gasteiger partial charge in [-0.1, -0.05) is 18.1 Å². The van der Waals surface area contributed by atoms with Crippen LogP contribution in [0.2, 0.25) is 0 Å². The molecule has 0 fully saturated rings. The Bertz CT molecular complexity index is 607. The summed E-state index contributed by atoms with van der Waals surface area (Å²) in [4.78, 5) is 15.4. The third-order valence-electron chi connectivity index (χ3n) is 2.71. The van der Waals surface area contributed by atoms with E-state index in [0.29, 0.717) is 19.5 Å². The number of nitrogens with one attached hydrogen (secondary N) is 1. The molecule has 1 amide bonds. The molecule has 4 nitrogen and oxygen atoms in total. The number of aromatic nitrogens is 2. The largest absolute Gasteiger partial charge is 0.356 e. The number of nitrogens with zero attached hydrogens (tertiary/aromatic N) is 2. The van der Waals surface area contributed by atoms with Crippen molar-refractivity contribution >= 4 is 16.9 Å². The van der Waals surface area contributed by atoms with Crippen LogP contribution in [0.5, 0.6) is 0 Å². The Morgan fingerprint density at radius 2 is 2.28 bits per heavy atom. The zero-order chi connectivity index (χ0) is 13.0. The second-order valence-electron chi connectivity index (χ2n) is 4.04. The van der Waals surface area contributed by atoms with Gasteiger partial charge in [-0.05, 0) is 12.1 Å². The van der Waals surface area contributed by atoms with E-state index in [0.717, 1.165) is 16.9 Å². The van der Waals surface area contributed by atoms with Crippen molar-refractivity contribution in [3.8, 4) is 12.3 Å². The van der Waals surface area contributed by atoms with Crippen molar-refractivity contribution in [3.05, 3.63) is 30.1 Å². The van der Waals surface area contributed by atoms with Gasteiger partial charge in [0.2, 0.25) is 5.91 Å². The van der Waals surface area contributed by atoms with Crippen molar-refractivity contribution in [1.82, 2.24) is 14.9 Å². The molecule has 1 aromatic carbocycles. The molecule has 92 valence electrons. The van der Waals surface area contributed by atoms with E-state index in [4.69, 9.17) is 6.42 Å². The van der Waals surface area contributed by atoms with Gasteiger partial charge < -0.3 is 9.88 Å². The summed E-state index contributed by atoms with van der Waals surface area (Å²) >= 11 is 0. The minimum absolute atomic E-state index is 0.0328. The SMILES string of the molecule is C#CCn1c(CCNC(C)=O)nc2ccccc21. The van der Waals surface area contributed by atoms with Gasteiger partial charge in [-0.3, -0.25) is 4.79 Å². The van der Waals surface area contributed by atoms with Crippen LogP contribution >= 0.6 is 0 Å². The maximum Gasteiger partial charge on any atom is 0.216 e. The summed E-state index contributed by atoms with van der Waals surface area (Å²) in [6.45, 7) is 2.57. The lowest BCUT2D eigenvalue weighted by molar-refractivity contribution is -0.118. The number of para-hydroxylation sites is 2. The smallest absolute Gasteiger partial charge is 0.216 e. The Labute approximate surface area is 106 Å². The van der Waals surface area contributed by atoms with Gasteiger partial charge in [0.25, 0.3) is 0 Å². The maximum absolute atomic E-state index is 10.8. The van der Waals surface area contributed by atoms with Crippen LogP contribution in [0.1, 0.15) is 12.7 Å². The molecule has 2 rings (SSSR count). The fraction of sp³-hybridized carbons (Fsp3) is 0.286. The van der Waals surface area contributed by atoms with Gasteiger partial charge in [0.15, 0.2) is 0 Å². The quantitative estimate of drug-likeness (QED) is 0.821. The van der Waals surface area contributed by atoms with E-state index in [2.05, 4.69) is 16.2 Å². The maximum atomic E-state index is 10.8. The molecule has 1 N–H and O–H groups in total. The first-order valence-corrected chi connectivity index (χ1v) is 5.84. The van der Waals surface area contributed by atoms with Crippen molar-refractivity contribution < 1.29 is 4.79 Å². The van der Waals surface area contributed by atoms with Crippen molar-refractivity contribution in [2.45, 2.75) is 19.9 Å². The number of carbonyl (C=O) groups is 1. The average molecular weight is 241 g/mol. The zero-order valence-corrected chi connectivity index (χ0v) is 10.3. The van der Waals surface area contributed by atoms with E-state index >= 15 is 0 Å². The van der Waals surface area contributed by atoms with Gasteiger partial charge in [0.05, 0.1) is 17.6 Å². The lowest BCUT2D eigenvalue weighted by Crippen LogP contribution is -2.23. The fourth-order valence-electron chi connectivity index (χ4n) is 1.93. The van der Waals surface area contributed by atoms with Crippen molar-refractivity contribution in [2.75, 3.05) is 6.54 Å². The highest BCUT2D eigenvalue weighted by atomic mass is 16.1. The monoisotopic (exact) mass is 241 g/mol. The topological polar surface area (TPSA) is 46.9 Å². The molecule has 0 aliphatic rings. The number of amides is 1. The number of fused-ring (bicyclic) bond motifs is 1. The Kier molecular flexibility index (Phi) is 3.63. The van der Waals surface area contributed by atoms with Crippen LogP contribution in [0.3, 0.4) is 0 Å². The second-order valence-corrected chi connectivity index (χ2v) is 4.04. The van der Waals surface area contributed by atoms with Crippen LogP contribution in [0.25, 0.3) is 11.0 Å². The number of benzene rings is 1. The molecule has 1 aromatic heterocycles. The lowest BCUT2D eigenvalue weighted by atomic mass is 10.3. The number of terminal acetylenes is 1. The summed E-state index contributed by atoms with van der Waals surface area (Å²) in [7, 11) is 0. The normalized spacial score (nSPS) is 10.2. The molecule has 0 aliphatic carbocycles. The molecule has 0 spiro atoms. The second kappa shape index (κ2) is 5.37. The molecule has 4 heteroatoms. The minimum atomic E-state index is -0.0328. The standard InChI is InChI=1S/C14H15N3O/c1-3-10-17-13-7-5-4-6-12(13)16-14(17)8-9-15-11(2)18/h1,4-7H,8-10H2,2H3,(H,15,18). The summed E-state index contributed by atoms with van der Waals surface area (Å²) in [5.41, 5.74) is 1.97. The van der Waals surface area contributed by atoms with Gasteiger partial charge in [0.1, 0.15) is 5.82 Å². The number of rotatable bonds is 4. The molecule has 0 atom stereocenters. The summed E-state index contributed by atoms with van der Waals surface area (Å²) in [6, 6.07) is 7.88. The predicted molar refractivity (Wildman–Crippen MR) is 71.0 cm³/mol. The number of hydrogen-bond acceptors (Lipinski definition) is 2. The predicted octanol–water partition coefficient (Wildman–Crippen LogP) is 1.35. The number of hydrogen-bond donors (Lipinski definition) is 1. The number of imidazole rings is 1. The fourth-order valence-corrected chi connectivity index (χ4v) is 1.93. The highest BCUT2D eigenvalue weighted by molar-refractivity contribution is 5.76. The van der Waals surface area contributed by atoms with Crippen molar-refractivity contribution in [1.29, 1.82) is 0 Å². The Balaban J connectivity index is 2.28. The third kappa shape index (κ3) is 2.51. The Morgan fingerprint density at radius 1 is 1.50 bits per heavy atom. The first kappa shape index (κ1) is 12.2. The van der Waals surface area contributed by atoms with Gasteiger partial charge in [-0.25, -0.2) is 4.98 Å². The van der Waals surface area contributed by atoms with E-state index < -0.39 is 0 Å². The van der Waals surface area contributed by atoms with Crippen LogP contribution in [0, 0.1) is 12.3 Å². The van der Waals surface area contributed by atoms with Crippen LogP contribution in [0.4, 0.5) is 0 Å². The third-order valence-corrected chi connectivity index (χ3v) is 2.71. The zero-order valence-electron chi connectivity index (χ0n) is 10.3. The number of carbonyl (C=O) groups excluding carboxylic acids is 1. The minimum Gasteiger partial charge on any atom is -0.356 e. The molecule has 1 heterocycles. The Morgan fingerprint density at radius 3 is 3.00 bits per heavy atom. The van der Waals surface area contributed by atoms with Crippen molar-refractivity contribution in [2.24, 2.45) is 0 Å². The highest BCUT2D eigenvalue weighted by Crippen LogP contribution is 2.15. The van der Waals surface area contributed by atoms with Gasteiger partial charge in [-0.15, -0.1) is 6.42 Å². The van der Waals surface area contributed by atoms with Crippen LogP contribution < -0.4 is 5.32 Å². The molecular formula is C14H15N3O. The molecule has 2 aromatic rings. The van der Waals surface area contributed by atoms with E-state index in [1.807, 2.05) is 28.8 Å². The summed E-state index contributed by atoms with van der Waals surface area (Å²) in [5.74, 6) is 3.51. The summed E-state index contributed by atoms with van der Waals surface area (Å²) in [6.07, 6.45) is 6.06. The summed E-state index contributed by atoms with van der Waals surface area (Å²) < 4.78 is 2.01. The van der Waals surface area contributed by atoms with Crippen molar-refractivity contribution in [3.63, 3.8) is 0 Å². The van der Waals surface area contributed by atoms with Crippen LogP contribution in [0.15, 0.2) is 24.3 Å². The molecule has 18 heavy (non-hydrogen) atoms. The van der Waals surface area contributed by atoms with E-state index in [1.165, 1.54) is 6.92 Å². The van der Waals surface area contributed by atoms with E-state index in [-0.39, 0.29) is 5.91 Å². The Hall–Kier alpha value is -2.28. The first-order valence-electron chi connectivity index (χ1n) is 5.84. The molecule has 0 radical (unpaired) electrons. The summed E-state index contributed by atoms with van der Waals surface area (Å²) in [5, 5.41) is 2.76. The van der Waals surface area contributed by atoms with E-state index in [9.17, 15) is 4.79 Å². The molecule has 0 saturated carbocycles. The molecule has 0 aliphatic heterocycles. The first-order chi connectivity index (χ1) is 8.72.